The van der Waals surface area contributed by atoms with Gasteiger partial charge >= 0.3 is 5.97 Å². The van der Waals surface area contributed by atoms with Crippen molar-refractivity contribution in [1.82, 2.24) is 0 Å². The van der Waals surface area contributed by atoms with E-state index in [0.717, 1.165) is 22.3 Å². The molecule has 0 heterocycles. The number of esters is 1. The van der Waals surface area contributed by atoms with Gasteiger partial charge in [-0.15, -0.1) is 0 Å². The van der Waals surface area contributed by atoms with Crippen molar-refractivity contribution >= 4 is 11.8 Å². The Morgan fingerprint density at radius 1 is 0.606 bits per heavy atom. The largest absolute Gasteiger partial charge is 0.460 e. The summed E-state index contributed by atoms with van der Waals surface area (Å²) >= 11 is 0. The molecular formula is C29H27NO3. The van der Waals surface area contributed by atoms with Crippen LogP contribution in [0.25, 0.3) is 0 Å². The summed E-state index contributed by atoms with van der Waals surface area (Å²) in [4.78, 5) is 23.6. The van der Waals surface area contributed by atoms with Crippen LogP contribution < -0.4 is 5.73 Å². The second-order valence-corrected chi connectivity index (χ2v) is 7.45. The standard InChI is InChI=1S/C16H17NO2.C13H10O/c17-15(11-13-7-3-1-4-8-13)16(18)19-12-14-9-5-2-6-10-14;14-13(11-7-3-1-4-8-11)12-9-5-2-6-10-12/h1-10,15H,11-12,17H2;1-10H/t15-;/m0./s1. The van der Waals surface area contributed by atoms with Crippen LogP contribution in [0.1, 0.15) is 27.0 Å². The van der Waals surface area contributed by atoms with Crippen LogP contribution in [0.2, 0.25) is 0 Å². The van der Waals surface area contributed by atoms with E-state index >= 15 is 0 Å². The first kappa shape index (κ1) is 23.6. The zero-order valence-corrected chi connectivity index (χ0v) is 18.3. The van der Waals surface area contributed by atoms with Crippen molar-refractivity contribution in [3.8, 4) is 0 Å². The fraction of sp³-hybridized carbons (Fsp3) is 0.103. The van der Waals surface area contributed by atoms with Gasteiger partial charge in [-0.05, 0) is 17.5 Å². The molecule has 0 radical (unpaired) electrons. The second-order valence-electron chi connectivity index (χ2n) is 7.45. The van der Waals surface area contributed by atoms with Gasteiger partial charge in [-0.1, -0.05) is 121 Å². The van der Waals surface area contributed by atoms with Crippen molar-refractivity contribution in [2.24, 2.45) is 5.73 Å². The molecule has 0 aliphatic carbocycles. The fourth-order valence-corrected chi connectivity index (χ4v) is 3.13. The van der Waals surface area contributed by atoms with Crippen molar-refractivity contribution in [1.29, 1.82) is 0 Å². The number of carbonyl (C=O) groups excluding carboxylic acids is 2. The van der Waals surface area contributed by atoms with Crippen molar-refractivity contribution in [3.05, 3.63) is 144 Å². The Balaban J connectivity index is 0.000000194. The van der Waals surface area contributed by atoms with E-state index in [1.165, 1.54) is 0 Å². The molecule has 0 saturated heterocycles. The van der Waals surface area contributed by atoms with E-state index in [2.05, 4.69) is 0 Å². The molecule has 4 aromatic rings. The number of ether oxygens (including phenoxy) is 1. The molecule has 0 bridgehead atoms. The van der Waals surface area contributed by atoms with Crippen LogP contribution in [-0.4, -0.2) is 17.8 Å². The average molecular weight is 438 g/mol. The minimum Gasteiger partial charge on any atom is -0.460 e. The Kier molecular flexibility index (Phi) is 9.13. The maximum atomic E-state index is 11.8. The SMILES string of the molecule is N[C@@H](Cc1ccccc1)C(=O)OCc1ccccc1.O=C(c1ccccc1)c1ccccc1. The second kappa shape index (κ2) is 12.7. The molecule has 166 valence electrons. The summed E-state index contributed by atoms with van der Waals surface area (Å²) in [5.74, 6) is -0.293. The van der Waals surface area contributed by atoms with Crippen LogP contribution in [0.3, 0.4) is 0 Å². The molecule has 4 rings (SSSR count). The Labute approximate surface area is 194 Å². The number of carbonyl (C=O) groups is 2. The lowest BCUT2D eigenvalue weighted by Gasteiger charge is -2.11. The third-order valence-electron chi connectivity index (χ3n) is 4.90. The van der Waals surface area contributed by atoms with Gasteiger partial charge in [0.2, 0.25) is 0 Å². The van der Waals surface area contributed by atoms with Crippen molar-refractivity contribution in [2.45, 2.75) is 19.1 Å². The number of nitrogens with two attached hydrogens (primary N) is 1. The Hall–Kier alpha value is -4.02. The summed E-state index contributed by atoms with van der Waals surface area (Å²) in [5, 5.41) is 0. The molecule has 4 aromatic carbocycles. The zero-order chi connectivity index (χ0) is 23.3. The fourth-order valence-electron chi connectivity index (χ4n) is 3.13. The maximum Gasteiger partial charge on any atom is 0.323 e. The van der Waals surface area contributed by atoms with E-state index in [1.54, 1.807) is 0 Å². The molecule has 2 N–H and O–H groups in total. The van der Waals surface area contributed by atoms with Gasteiger partial charge in [0.15, 0.2) is 5.78 Å². The number of benzene rings is 4. The van der Waals surface area contributed by atoms with Gasteiger partial charge in [0, 0.05) is 11.1 Å². The van der Waals surface area contributed by atoms with Crippen LogP contribution in [0.5, 0.6) is 0 Å². The average Bonchev–Trinajstić information content (AvgIpc) is 2.89. The smallest absolute Gasteiger partial charge is 0.323 e. The van der Waals surface area contributed by atoms with Crippen LogP contribution in [0, 0.1) is 0 Å². The Morgan fingerprint density at radius 2 is 1.00 bits per heavy atom. The first-order valence-corrected chi connectivity index (χ1v) is 10.8. The van der Waals surface area contributed by atoms with Gasteiger partial charge in [0.25, 0.3) is 0 Å². The number of hydrogen-bond donors (Lipinski definition) is 1. The molecule has 0 unspecified atom stereocenters. The summed E-state index contributed by atoms with van der Waals surface area (Å²) in [7, 11) is 0. The lowest BCUT2D eigenvalue weighted by molar-refractivity contribution is -0.146. The molecule has 0 amide bonds. The normalized spacial score (nSPS) is 10.9. The molecule has 4 nitrogen and oxygen atoms in total. The molecule has 0 aliphatic heterocycles. The summed E-state index contributed by atoms with van der Waals surface area (Å²) in [6.45, 7) is 0.266. The quantitative estimate of drug-likeness (QED) is 0.318. The number of hydrogen-bond acceptors (Lipinski definition) is 4. The lowest BCUT2D eigenvalue weighted by atomic mass is 10.0. The number of ketones is 1. The van der Waals surface area contributed by atoms with Crippen LogP contribution >= 0.6 is 0 Å². The third-order valence-corrected chi connectivity index (χ3v) is 4.90. The topological polar surface area (TPSA) is 69.4 Å². The summed E-state index contributed by atoms with van der Waals surface area (Å²) in [6.07, 6.45) is 0.495. The van der Waals surface area contributed by atoms with Crippen molar-refractivity contribution in [2.75, 3.05) is 0 Å². The third kappa shape index (κ3) is 7.87. The summed E-state index contributed by atoms with van der Waals surface area (Å²) in [5.41, 5.74) is 9.30. The lowest BCUT2D eigenvalue weighted by Crippen LogP contribution is -2.34. The molecule has 4 heteroatoms. The molecule has 1 atom stereocenters. The van der Waals surface area contributed by atoms with E-state index in [-0.39, 0.29) is 18.4 Å². The molecule has 0 spiro atoms. The first-order valence-electron chi connectivity index (χ1n) is 10.8. The molecule has 0 aliphatic rings. The first-order chi connectivity index (χ1) is 16.1. The van der Waals surface area contributed by atoms with Crippen LogP contribution in [0.4, 0.5) is 0 Å². The van der Waals surface area contributed by atoms with Crippen LogP contribution in [0.15, 0.2) is 121 Å². The minimum atomic E-state index is -0.619. The van der Waals surface area contributed by atoms with Gasteiger partial charge in [-0.25, -0.2) is 0 Å². The highest BCUT2D eigenvalue weighted by Crippen LogP contribution is 2.08. The molecule has 0 aromatic heterocycles. The van der Waals surface area contributed by atoms with Gasteiger partial charge in [-0.2, -0.15) is 0 Å². The van der Waals surface area contributed by atoms with Crippen molar-refractivity contribution in [3.63, 3.8) is 0 Å². The van der Waals surface area contributed by atoms with Crippen LogP contribution in [-0.2, 0) is 22.6 Å². The summed E-state index contributed by atoms with van der Waals surface area (Å²) < 4.78 is 5.20. The van der Waals surface area contributed by atoms with Crippen molar-refractivity contribution < 1.29 is 14.3 Å². The molecule has 0 saturated carbocycles. The number of rotatable bonds is 7. The zero-order valence-electron chi connectivity index (χ0n) is 18.3. The summed E-state index contributed by atoms with van der Waals surface area (Å²) in [6, 6.07) is 37.2. The highest BCUT2D eigenvalue weighted by molar-refractivity contribution is 6.08. The monoisotopic (exact) mass is 437 g/mol. The predicted octanol–water partition coefficient (Wildman–Crippen LogP) is 5.22. The molecule has 0 fully saturated rings. The Morgan fingerprint density at radius 3 is 1.45 bits per heavy atom. The predicted molar refractivity (Wildman–Crippen MR) is 131 cm³/mol. The van der Waals surface area contributed by atoms with E-state index in [9.17, 15) is 9.59 Å². The van der Waals surface area contributed by atoms with E-state index in [1.807, 2.05) is 121 Å². The molecule has 33 heavy (non-hydrogen) atoms. The Bertz CT molecular complexity index is 1070. The highest BCUT2D eigenvalue weighted by atomic mass is 16.5. The van der Waals surface area contributed by atoms with E-state index in [0.29, 0.717) is 6.42 Å². The van der Waals surface area contributed by atoms with Gasteiger partial charge in [0.1, 0.15) is 12.6 Å². The highest BCUT2D eigenvalue weighted by Gasteiger charge is 2.15. The van der Waals surface area contributed by atoms with Gasteiger partial charge < -0.3 is 10.5 Å². The van der Waals surface area contributed by atoms with E-state index in [4.69, 9.17) is 10.5 Å². The minimum absolute atomic E-state index is 0.0752. The van der Waals surface area contributed by atoms with Gasteiger partial charge in [0.05, 0.1) is 0 Å². The maximum absolute atomic E-state index is 11.8. The van der Waals surface area contributed by atoms with Gasteiger partial charge in [-0.3, -0.25) is 9.59 Å². The van der Waals surface area contributed by atoms with E-state index < -0.39 is 6.04 Å². The molecular weight excluding hydrogens is 410 g/mol.